The van der Waals surface area contributed by atoms with E-state index in [1.54, 1.807) is 48.3 Å². The van der Waals surface area contributed by atoms with E-state index in [0.29, 0.717) is 29.6 Å². The molecule has 0 saturated heterocycles. The molecule has 0 spiro atoms. The molecule has 0 aliphatic carbocycles. The normalized spacial score (nSPS) is 11.3. The summed E-state index contributed by atoms with van der Waals surface area (Å²) in [5.41, 5.74) is 3.84. The number of fused-ring (bicyclic) bond motifs is 1. The van der Waals surface area contributed by atoms with Crippen LogP contribution in [0.25, 0.3) is 16.8 Å². The molecule has 3 heterocycles. The smallest absolute Gasteiger partial charge is 0.248 e. The average Bonchev–Trinajstić information content (AvgIpc) is 3.23. The number of carbonyl (C=O) groups excluding carboxylic acids is 1. The number of pyridine rings is 1. The van der Waals surface area contributed by atoms with E-state index in [0.717, 1.165) is 16.8 Å². The molecule has 0 unspecified atom stereocenters. The number of nitrogens with one attached hydrogen (secondary N) is 2. The Morgan fingerprint density at radius 2 is 2.09 bits per heavy atom. The fourth-order valence-corrected chi connectivity index (χ4v) is 3.26. The van der Waals surface area contributed by atoms with Crippen molar-refractivity contribution in [3.05, 3.63) is 73.2 Å². The van der Waals surface area contributed by atoms with Gasteiger partial charge in [0.1, 0.15) is 5.75 Å². The number of carbonyl (C=O) groups is 1. The first-order valence-corrected chi connectivity index (χ1v) is 10.4. The number of likely N-dealkylation sites (N-methyl/N-ethyl adjacent to an activating group) is 1. The lowest BCUT2D eigenvalue weighted by Crippen LogP contribution is -2.13. The molecule has 4 aromatic rings. The lowest BCUT2D eigenvalue weighted by Gasteiger charge is -2.13. The van der Waals surface area contributed by atoms with Gasteiger partial charge in [-0.25, -0.2) is 14.5 Å². The second-order valence-electron chi connectivity index (χ2n) is 7.55. The van der Waals surface area contributed by atoms with E-state index in [1.807, 2.05) is 49.5 Å². The van der Waals surface area contributed by atoms with E-state index in [-0.39, 0.29) is 5.91 Å². The predicted octanol–water partition coefficient (Wildman–Crippen LogP) is 3.60. The van der Waals surface area contributed by atoms with Gasteiger partial charge in [-0.1, -0.05) is 12.1 Å². The van der Waals surface area contributed by atoms with Gasteiger partial charge in [0.25, 0.3) is 0 Å². The summed E-state index contributed by atoms with van der Waals surface area (Å²) < 4.78 is 7.26. The highest BCUT2D eigenvalue weighted by Gasteiger charge is 2.11. The molecule has 0 saturated carbocycles. The van der Waals surface area contributed by atoms with Crippen LogP contribution in [0.1, 0.15) is 0 Å². The monoisotopic (exact) mass is 443 g/mol. The second-order valence-corrected chi connectivity index (χ2v) is 7.55. The number of aromatic nitrogens is 4. The van der Waals surface area contributed by atoms with Crippen molar-refractivity contribution in [1.29, 1.82) is 0 Å². The topological polar surface area (TPSA) is 96.7 Å². The average molecular weight is 444 g/mol. The van der Waals surface area contributed by atoms with Crippen LogP contribution in [0.15, 0.2) is 73.2 Å². The number of methoxy groups -OCH3 is 1. The minimum atomic E-state index is -0.209. The molecule has 0 radical (unpaired) electrons. The molecule has 0 bridgehead atoms. The Morgan fingerprint density at radius 3 is 2.91 bits per heavy atom. The van der Waals surface area contributed by atoms with Gasteiger partial charge in [0.05, 0.1) is 30.2 Å². The van der Waals surface area contributed by atoms with Crippen LogP contribution in [-0.4, -0.2) is 58.1 Å². The van der Waals surface area contributed by atoms with Crippen LogP contribution >= 0.6 is 0 Å². The zero-order chi connectivity index (χ0) is 23.2. The Morgan fingerprint density at radius 1 is 1.21 bits per heavy atom. The quantitative estimate of drug-likeness (QED) is 0.402. The largest absolute Gasteiger partial charge is 0.495 e. The van der Waals surface area contributed by atoms with E-state index in [2.05, 4.69) is 25.7 Å². The van der Waals surface area contributed by atoms with Crippen LogP contribution in [0.5, 0.6) is 5.75 Å². The predicted molar refractivity (Wildman–Crippen MR) is 129 cm³/mol. The minimum absolute atomic E-state index is 0.209. The molecule has 0 aliphatic heterocycles. The molecule has 3 aromatic heterocycles. The number of amides is 1. The zero-order valence-corrected chi connectivity index (χ0v) is 18.7. The van der Waals surface area contributed by atoms with Crippen molar-refractivity contribution in [2.24, 2.45) is 0 Å². The molecule has 1 aromatic carbocycles. The van der Waals surface area contributed by atoms with Crippen LogP contribution < -0.4 is 15.4 Å². The van der Waals surface area contributed by atoms with E-state index < -0.39 is 0 Å². The van der Waals surface area contributed by atoms with Crippen molar-refractivity contribution in [2.75, 3.05) is 38.4 Å². The first-order chi connectivity index (χ1) is 16.0. The summed E-state index contributed by atoms with van der Waals surface area (Å²) in [6.45, 7) is 0.684. The third kappa shape index (κ3) is 5.34. The highest BCUT2D eigenvalue weighted by molar-refractivity contribution is 5.99. The second kappa shape index (κ2) is 9.92. The molecule has 33 heavy (non-hydrogen) atoms. The molecular weight excluding hydrogens is 418 g/mol. The zero-order valence-electron chi connectivity index (χ0n) is 18.7. The summed E-state index contributed by atoms with van der Waals surface area (Å²) in [6.07, 6.45) is 8.67. The Labute approximate surface area is 191 Å². The maximum atomic E-state index is 12.2. The summed E-state index contributed by atoms with van der Waals surface area (Å²) in [5, 5.41) is 10.4. The van der Waals surface area contributed by atoms with Crippen molar-refractivity contribution in [3.8, 4) is 17.0 Å². The number of hydrogen-bond acceptors (Lipinski definition) is 7. The molecule has 9 heteroatoms. The molecule has 9 nitrogen and oxygen atoms in total. The Balaban J connectivity index is 1.56. The molecule has 168 valence electrons. The van der Waals surface area contributed by atoms with Gasteiger partial charge in [-0.3, -0.25) is 4.79 Å². The van der Waals surface area contributed by atoms with Crippen molar-refractivity contribution in [1.82, 2.24) is 24.5 Å². The summed E-state index contributed by atoms with van der Waals surface area (Å²) in [5.74, 6) is 0.788. The molecule has 4 rings (SSSR count). The third-order valence-electron chi connectivity index (χ3n) is 4.81. The number of nitrogens with zero attached hydrogens (tertiary/aromatic N) is 5. The maximum absolute atomic E-state index is 12.2. The minimum Gasteiger partial charge on any atom is -0.495 e. The van der Waals surface area contributed by atoms with E-state index in [9.17, 15) is 4.79 Å². The molecule has 0 aliphatic rings. The van der Waals surface area contributed by atoms with Gasteiger partial charge >= 0.3 is 0 Å². The number of benzene rings is 1. The van der Waals surface area contributed by atoms with E-state index >= 15 is 0 Å². The van der Waals surface area contributed by atoms with Crippen molar-refractivity contribution in [3.63, 3.8) is 0 Å². The van der Waals surface area contributed by atoms with Crippen LogP contribution in [0.4, 0.5) is 17.3 Å². The first kappa shape index (κ1) is 22.0. The van der Waals surface area contributed by atoms with Crippen LogP contribution in [0.2, 0.25) is 0 Å². The molecule has 0 atom stereocenters. The van der Waals surface area contributed by atoms with Gasteiger partial charge in [-0.2, -0.15) is 5.10 Å². The lowest BCUT2D eigenvalue weighted by molar-refractivity contribution is -0.111. The van der Waals surface area contributed by atoms with Gasteiger partial charge in [0, 0.05) is 36.3 Å². The number of hydrogen-bond donors (Lipinski definition) is 2. The van der Waals surface area contributed by atoms with Crippen LogP contribution in [0, 0.1) is 0 Å². The fraction of sp³-hybridized carbons (Fsp3) is 0.167. The highest BCUT2D eigenvalue weighted by atomic mass is 16.5. The van der Waals surface area contributed by atoms with Gasteiger partial charge in [-0.05, 0) is 50.5 Å². The summed E-state index contributed by atoms with van der Waals surface area (Å²) in [4.78, 5) is 23.2. The first-order valence-electron chi connectivity index (χ1n) is 10.4. The summed E-state index contributed by atoms with van der Waals surface area (Å²) in [6, 6.07) is 13.0. The number of rotatable bonds is 8. The Kier molecular flexibility index (Phi) is 6.61. The van der Waals surface area contributed by atoms with Gasteiger partial charge in [0.15, 0.2) is 0 Å². The maximum Gasteiger partial charge on any atom is 0.248 e. The molecular formula is C24H25N7O2. The standard InChI is InChI=1S/C24H25N7O2/c1-30(2)13-6-8-23(32)27-17-9-10-22(33-3)20(15-17)29-24-25-12-11-19(28-24)18-16-26-31-14-5-4-7-21(18)31/h4-12,14-16H,13H2,1-3H3,(H,27,32)(H,25,28,29). The highest BCUT2D eigenvalue weighted by Crippen LogP contribution is 2.30. The van der Waals surface area contributed by atoms with Crippen molar-refractivity contribution >= 4 is 28.7 Å². The molecule has 2 N–H and O–H groups in total. The van der Waals surface area contributed by atoms with Crippen molar-refractivity contribution < 1.29 is 9.53 Å². The van der Waals surface area contributed by atoms with Gasteiger partial charge in [0.2, 0.25) is 11.9 Å². The van der Waals surface area contributed by atoms with Gasteiger partial charge < -0.3 is 20.3 Å². The molecule has 0 fully saturated rings. The van der Waals surface area contributed by atoms with Crippen LogP contribution in [-0.2, 0) is 4.79 Å². The third-order valence-corrected chi connectivity index (χ3v) is 4.81. The SMILES string of the molecule is COc1ccc(NC(=O)C=CCN(C)C)cc1Nc1nccc(-c2cnn3ccccc23)n1. The summed E-state index contributed by atoms with van der Waals surface area (Å²) >= 11 is 0. The Bertz CT molecular complexity index is 1300. The Hall–Kier alpha value is -4.24. The van der Waals surface area contributed by atoms with Crippen molar-refractivity contribution in [2.45, 2.75) is 0 Å². The fourth-order valence-electron chi connectivity index (χ4n) is 3.26. The van der Waals surface area contributed by atoms with E-state index in [4.69, 9.17) is 4.74 Å². The van der Waals surface area contributed by atoms with E-state index in [1.165, 1.54) is 6.08 Å². The number of anilines is 3. The summed E-state index contributed by atoms with van der Waals surface area (Å²) in [7, 11) is 5.46. The molecule has 1 amide bonds. The lowest BCUT2D eigenvalue weighted by atomic mass is 10.2. The van der Waals surface area contributed by atoms with Gasteiger partial charge in [-0.15, -0.1) is 0 Å². The van der Waals surface area contributed by atoms with Crippen LogP contribution in [0.3, 0.4) is 0 Å². The number of ether oxygens (including phenoxy) is 1.